The summed E-state index contributed by atoms with van der Waals surface area (Å²) in [6.45, 7) is 10.4. The summed E-state index contributed by atoms with van der Waals surface area (Å²) in [7, 11) is 0. The molecule has 1 aliphatic carbocycles. The third-order valence-corrected chi connectivity index (χ3v) is 7.61. The van der Waals surface area contributed by atoms with Crippen LogP contribution in [0, 0.1) is 13.8 Å². The fourth-order valence-corrected chi connectivity index (χ4v) is 5.77. The zero-order valence-electron chi connectivity index (χ0n) is 18.8. The summed E-state index contributed by atoms with van der Waals surface area (Å²) in [5, 5.41) is 9.78. The summed E-state index contributed by atoms with van der Waals surface area (Å²) in [6.07, 6.45) is 10.6. The van der Waals surface area contributed by atoms with E-state index in [-0.39, 0.29) is 11.9 Å². The van der Waals surface area contributed by atoms with E-state index in [1.165, 1.54) is 43.9 Å². The van der Waals surface area contributed by atoms with E-state index in [9.17, 15) is 4.79 Å². The average molecular weight is 443 g/mol. The summed E-state index contributed by atoms with van der Waals surface area (Å²) in [6, 6.07) is 2.02. The van der Waals surface area contributed by atoms with Crippen molar-refractivity contribution in [2.75, 3.05) is 12.4 Å². The molecule has 0 spiro atoms. The fourth-order valence-electron chi connectivity index (χ4n) is 4.93. The lowest BCUT2D eigenvalue weighted by Gasteiger charge is -2.21. The van der Waals surface area contributed by atoms with Gasteiger partial charge in [-0.2, -0.15) is 0 Å². The second-order valence-electron chi connectivity index (χ2n) is 8.82. The van der Waals surface area contributed by atoms with Crippen LogP contribution >= 0.6 is 11.8 Å². The van der Waals surface area contributed by atoms with Gasteiger partial charge in [-0.25, -0.2) is 0 Å². The van der Waals surface area contributed by atoms with Crippen LogP contribution in [0.2, 0.25) is 0 Å². The number of carbonyl (C=O) groups excluding carboxylic acids is 1. The number of nitrogens with zero attached hydrogens (tertiary/aromatic N) is 4. The fraction of sp³-hybridized carbons (Fsp3) is 0.625. The number of hydrogen-bond acceptors (Lipinski definition) is 5. The molecule has 168 valence electrons. The standard InChI is InChI=1S/C24H34N4O2S/c1-4-12-27-23(19-9-6-5-7-10-19)25-26-24(27)31-16-22(29)21-14-17(2)28(18(21)3)15-20-11-8-13-30-20/h4,14,19-20H,1,5-13,15-16H2,2-3H3/t20-/m1/s1. The summed E-state index contributed by atoms with van der Waals surface area (Å²) >= 11 is 1.49. The highest BCUT2D eigenvalue weighted by molar-refractivity contribution is 7.99. The summed E-state index contributed by atoms with van der Waals surface area (Å²) in [5.74, 6) is 2.04. The highest BCUT2D eigenvalue weighted by atomic mass is 32.2. The Bertz CT molecular complexity index is 920. The van der Waals surface area contributed by atoms with Crippen LogP contribution in [0.3, 0.4) is 0 Å². The summed E-state index contributed by atoms with van der Waals surface area (Å²) < 4.78 is 10.2. The maximum Gasteiger partial charge on any atom is 0.191 e. The number of Topliss-reactive ketones (excluding diaryl/α,β-unsaturated/α-hetero) is 1. The molecule has 1 saturated heterocycles. The van der Waals surface area contributed by atoms with Gasteiger partial charge in [0.1, 0.15) is 5.82 Å². The van der Waals surface area contributed by atoms with Gasteiger partial charge in [0, 0.05) is 42.6 Å². The lowest BCUT2D eigenvalue weighted by atomic mass is 9.89. The third kappa shape index (κ3) is 4.98. The van der Waals surface area contributed by atoms with Gasteiger partial charge in [0.2, 0.25) is 0 Å². The summed E-state index contributed by atoms with van der Waals surface area (Å²) in [5.41, 5.74) is 2.97. The van der Waals surface area contributed by atoms with Crippen molar-refractivity contribution in [3.05, 3.63) is 41.5 Å². The Kier molecular flexibility index (Phi) is 7.33. The van der Waals surface area contributed by atoms with Gasteiger partial charge in [0.15, 0.2) is 10.9 Å². The molecule has 31 heavy (non-hydrogen) atoms. The van der Waals surface area contributed by atoms with Crippen LogP contribution in [0.1, 0.15) is 78.4 Å². The molecule has 3 heterocycles. The van der Waals surface area contributed by atoms with Gasteiger partial charge < -0.3 is 13.9 Å². The van der Waals surface area contributed by atoms with Gasteiger partial charge in [-0.1, -0.05) is 37.1 Å². The molecule has 6 nitrogen and oxygen atoms in total. The number of aromatic nitrogens is 4. The quantitative estimate of drug-likeness (QED) is 0.308. The van der Waals surface area contributed by atoms with E-state index >= 15 is 0 Å². The Morgan fingerprint density at radius 2 is 2.00 bits per heavy atom. The van der Waals surface area contributed by atoms with Crippen LogP contribution in [0.25, 0.3) is 0 Å². The van der Waals surface area contributed by atoms with Gasteiger partial charge in [-0.15, -0.1) is 16.8 Å². The molecule has 1 atom stereocenters. The number of ketones is 1. The molecular formula is C24H34N4O2S. The minimum Gasteiger partial charge on any atom is -0.376 e. The maximum absolute atomic E-state index is 13.1. The molecule has 7 heteroatoms. The molecule has 0 aromatic carbocycles. The van der Waals surface area contributed by atoms with Crippen molar-refractivity contribution in [3.63, 3.8) is 0 Å². The van der Waals surface area contributed by atoms with E-state index < -0.39 is 0 Å². The first kappa shape index (κ1) is 22.3. The van der Waals surface area contributed by atoms with Crippen LogP contribution in [0.5, 0.6) is 0 Å². The van der Waals surface area contributed by atoms with Crippen LogP contribution in [-0.4, -0.2) is 43.6 Å². The predicted octanol–water partition coefficient (Wildman–Crippen LogP) is 5.08. The zero-order chi connectivity index (χ0) is 21.8. The van der Waals surface area contributed by atoms with Crippen LogP contribution < -0.4 is 0 Å². The van der Waals surface area contributed by atoms with Gasteiger partial charge in [-0.3, -0.25) is 4.79 Å². The molecule has 1 saturated carbocycles. The van der Waals surface area contributed by atoms with Crippen molar-refractivity contribution in [1.29, 1.82) is 0 Å². The highest BCUT2D eigenvalue weighted by Crippen LogP contribution is 2.33. The Hall–Kier alpha value is -1.86. The molecule has 2 aliphatic rings. The largest absolute Gasteiger partial charge is 0.376 e. The van der Waals surface area contributed by atoms with Gasteiger partial charge in [-0.05, 0) is 45.6 Å². The number of hydrogen-bond donors (Lipinski definition) is 0. The van der Waals surface area contributed by atoms with E-state index in [0.29, 0.717) is 18.2 Å². The number of carbonyl (C=O) groups is 1. The normalized spacial score (nSPS) is 19.7. The molecule has 2 aromatic heterocycles. The molecular weight excluding hydrogens is 408 g/mol. The monoisotopic (exact) mass is 442 g/mol. The van der Waals surface area contributed by atoms with Crippen molar-refractivity contribution in [2.24, 2.45) is 0 Å². The number of ether oxygens (including phenoxy) is 1. The Morgan fingerprint density at radius 3 is 2.71 bits per heavy atom. The zero-order valence-corrected chi connectivity index (χ0v) is 19.6. The van der Waals surface area contributed by atoms with E-state index in [1.807, 2.05) is 19.1 Å². The topological polar surface area (TPSA) is 61.9 Å². The minimum atomic E-state index is 0.143. The first-order chi connectivity index (χ1) is 15.1. The lowest BCUT2D eigenvalue weighted by Crippen LogP contribution is -2.17. The van der Waals surface area contributed by atoms with E-state index in [4.69, 9.17) is 4.74 Å². The molecule has 1 aliphatic heterocycles. The smallest absolute Gasteiger partial charge is 0.191 e. The van der Waals surface area contributed by atoms with Crippen LogP contribution in [-0.2, 0) is 17.8 Å². The third-order valence-electron chi connectivity index (χ3n) is 6.64. The molecule has 0 N–H and O–H groups in total. The Balaban J connectivity index is 1.45. The number of rotatable bonds is 9. The second kappa shape index (κ2) is 10.2. The van der Waals surface area contributed by atoms with Gasteiger partial charge >= 0.3 is 0 Å². The lowest BCUT2D eigenvalue weighted by molar-refractivity contribution is 0.0957. The van der Waals surface area contributed by atoms with Crippen molar-refractivity contribution in [1.82, 2.24) is 19.3 Å². The molecule has 0 amide bonds. The second-order valence-corrected chi connectivity index (χ2v) is 9.76. The van der Waals surface area contributed by atoms with Gasteiger partial charge in [0.05, 0.1) is 11.9 Å². The van der Waals surface area contributed by atoms with E-state index in [0.717, 1.165) is 53.9 Å². The van der Waals surface area contributed by atoms with Crippen LogP contribution in [0.15, 0.2) is 23.9 Å². The number of aryl methyl sites for hydroxylation is 1. The van der Waals surface area contributed by atoms with Crippen molar-refractivity contribution in [2.45, 2.75) is 89.1 Å². The molecule has 0 unspecified atom stereocenters. The number of allylic oxidation sites excluding steroid dienone is 1. The van der Waals surface area contributed by atoms with Gasteiger partial charge in [0.25, 0.3) is 0 Å². The first-order valence-corrected chi connectivity index (χ1v) is 12.6. The SMILES string of the molecule is C=CCn1c(SCC(=O)c2cc(C)n(C[C@H]3CCCO3)c2C)nnc1C1CCCCC1. The molecule has 2 aromatic rings. The molecule has 4 rings (SSSR count). The molecule has 2 fully saturated rings. The van der Waals surface area contributed by atoms with E-state index in [1.54, 1.807) is 0 Å². The Labute approximate surface area is 189 Å². The minimum absolute atomic E-state index is 0.143. The van der Waals surface area contributed by atoms with Crippen molar-refractivity contribution < 1.29 is 9.53 Å². The van der Waals surface area contributed by atoms with Crippen molar-refractivity contribution >= 4 is 17.5 Å². The molecule has 0 radical (unpaired) electrons. The Morgan fingerprint density at radius 1 is 1.19 bits per heavy atom. The average Bonchev–Trinajstić information content (AvgIpc) is 3.50. The predicted molar refractivity (Wildman–Crippen MR) is 124 cm³/mol. The molecule has 0 bridgehead atoms. The first-order valence-electron chi connectivity index (χ1n) is 11.6. The van der Waals surface area contributed by atoms with E-state index in [2.05, 4.69) is 32.8 Å². The van der Waals surface area contributed by atoms with Crippen molar-refractivity contribution in [3.8, 4) is 0 Å². The maximum atomic E-state index is 13.1. The van der Waals surface area contributed by atoms with Crippen LogP contribution in [0.4, 0.5) is 0 Å². The summed E-state index contributed by atoms with van der Waals surface area (Å²) in [4.78, 5) is 13.1. The highest BCUT2D eigenvalue weighted by Gasteiger charge is 2.25. The number of thioether (sulfide) groups is 1.